The minimum absolute atomic E-state index is 0.0680. The summed E-state index contributed by atoms with van der Waals surface area (Å²) in [6.07, 6.45) is 3.09. The van der Waals surface area contributed by atoms with E-state index in [1.165, 1.54) is 27.4 Å². The molecule has 0 radical (unpaired) electrons. The molecule has 1 N–H and O–H groups in total. The summed E-state index contributed by atoms with van der Waals surface area (Å²) in [6, 6.07) is 12.0. The topological polar surface area (TPSA) is 89.8 Å². The quantitative estimate of drug-likeness (QED) is 0.395. The number of anilines is 1. The Morgan fingerprint density at radius 1 is 1.03 bits per heavy atom. The number of benzene rings is 2. The van der Waals surface area contributed by atoms with E-state index < -0.39 is 5.91 Å². The fourth-order valence-corrected chi connectivity index (χ4v) is 2.47. The molecule has 7 nitrogen and oxygen atoms in total. The number of hydrogen-bond acceptors (Lipinski definition) is 6. The molecule has 2 aromatic rings. The average molecular weight is 394 g/mol. The third-order valence-electron chi connectivity index (χ3n) is 3.86. The zero-order valence-corrected chi connectivity index (χ0v) is 16.5. The second-order valence-electron chi connectivity index (χ2n) is 5.70. The normalized spacial score (nSPS) is 10.5. The number of nitrogens with zero attached hydrogens (tertiary/aromatic N) is 1. The predicted molar refractivity (Wildman–Crippen MR) is 110 cm³/mol. The lowest BCUT2D eigenvalue weighted by Gasteiger charge is -2.11. The van der Waals surface area contributed by atoms with Crippen LogP contribution >= 0.6 is 0 Å². The molecule has 0 bridgehead atoms. The first-order valence-corrected chi connectivity index (χ1v) is 8.63. The van der Waals surface area contributed by atoms with Gasteiger partial charge in [0.05, 0.1) is 21.3 Å². The molecule has 7 heteroatoms. The van der Waals surface area contributed by atoms with Crippen molar-refractivity contribution in [3.05, 3.63) is 60.2 Å². The van der Waals surface area contributed by atoms with Gasteiger partial charge in [0.2, 0.25) is 0 Å². The smallest absolute Gasteiger partial charge is 0.266 e. The van der Waals surface area contributed by atoms with E-state index in [0.717, 1.165) is 0 Å². The van der Waals surface area contributed by atoms with Gasteiger partial charge < -0.3 is 24.3 Å². The number of nitriles is 1. The van der Waals surface area contributed by atoms with Crippen LogP contribution in [0.1, 0.15) is 5.56 Å². The Hall–Kier alpha value is -3.92. The number of nitrogens with one attached hydrogen (secondary N) is 1. The number of carbonyl (C=O) groups excluding carboxylic acids is 1. The van der Waals surface area contributed by atoms with Gasteiger partial charge in [0.1, 0.15) is 18.2 Å². The highest BCUT2D eigenvalue weighted by molar-refractivity contribution is 6.09. The minimum Gasteiger partial charge on any atom is -0.493 e. The maximum Gasteiger partial charge on any atom is 0.266 e. The van der Waals surface area contributed by atoms with Crippen LogP contribution in [0.15, 0.2) is 54.6 Å². The third-order valence-corrected chi connectivity index (χ3v) is 3.86. The number of amides is 1. The molecule has 0 spiro atoms. The highest BCUT2D eigenvalue weighted by Crippen LogP contribution is 2.31. The third kappa shape index (κ3) is 5.53. The number of hydrogen-bond donors (Lipinski definition) is 1. The highest BCUT2D eigenvalue weighted by atomic mass is 16.5. The van der Waals surface area contributed by atoms with E-state index in [-0.39, 0.29) is 5.57 Å². The molecule has 0 unspecified atom stereocenters. The number of methoxy groups -OCH3 is 3. The summed E-state index contributed by atoms with van der Waals surface area (Å²) in [6.45, 7) is 3.94. The van der Waals surface area contributed by atoms with Gasteiger partial charge in [0.25, 0.3) is 5.91 Å². The van der Waals surface area contributed by atoms with Gasteiger partial charge in [-0.05, 0) is 35.9 Å². The van der Waals surface area contributed by atoms with E-state index in [1.807, 2.05) is 6.07 Å². The van der Waals surface area contributed by atoms with E-state index >= 15 is 0 Å². The Kier molecular flexibility index (Phi) is 7.68. The SMILES string of the molecule is C=CCOc1ccc(/C=C(\C#N)C(=O)Nc2ccc(OC)c(OC)c2)cc1OC. The zero-order valence-electron chi connectivity index (χ0n) is 16.5. The first-order chi connectivity index (χ1) is 14.1. The van der Waals surface area contributed by atoms with Crippen molar-refractivity contribution < 1.29 is 23.7 Å². The first kappa shape index (κ1) is 21.4. The van der Waals surface area contributed by atoms with Gasteiger partial charge in [0.15, 0.2) is 23.0 Å². The number of ether oxygens (including phenoxy) is 4. The molecular formula is C22H22N2O5. The van der Waals surface area contributed by atoms with Crippen molar-refractivity contribution in [1.82, 2.24) is 0 Å². The van der Waals surface area contributed by atoms with Crippen LogP contribution in [0.3, 0.4) is 0 Å². The molecule has 0 saturated heterocycles. The fraction of sp³-hybridized carbons (Fsp3) is 0.182. The van der Waals surface area contributed by atoms with E-state index in [9.17, 15) is 10.1 Å². The van der Waals surface area contributed by atoms with E-state index in [1.54, 1.807) is 42.5 Å². The van der Waals surface area contributed by atoms with E-state index in [2.05, 4.69) is 11.9 Å². The van der Waals surface area contributed by atoms with Gasteiger partial charge in [-0.3, -0.25) is 4.79 Å². The molecule has 0 atom stereocenters. The average Bonchev–Trinajstić information content (AvgIpc) is 2.75. The van der Waals surface area contributed by atoms with Crippen molar-refractivity contribution in [2.24, 2.45) is 0 Å². The van der Waals surface area contributed by atoms with Gasteiger partial charge in [-0.1, -0.05) is 18.7 Å². The highest BCUT2D eigenvalue weighted by Gasteiger charge is 2.13. The Balaban J connectivity index is 2.24. The van der Waals surface area contributed by atoms with Gasteiger partial charge >= 0.3 is 0 Å². The van der Waals surface area contributed by atoms with Crippen molar-refractivity contribution in [1.29, 1.82) is 5.26 Å². The second-order valence-corrected chi connectivity index (χ2v) is 5.70. The van der Waals surface area contributed by atoms with E-state index in [0.29, 0.717) is 40.9 Å². The van der Waals surface area contributed by atoms with Crippen molar-refractivity contribution in [3.63, 3.8) is 0 Å². The molecule has 2 rings (SSSR count). The van der Waals surface area contributed by atoms with Crippen LogP contribution in [-0.2, 0) is 4.79 Å². The molecule has 0 saturated carbocycles. The Morgan fingerprint density at radius 2 is 1.69 bits per heavy atom. The summed E-state index contributed by atoms with van der Waals surface area (Å²) in [5.41, 5.74) is 1.02. The number of rotatable bonds is 9. The maximum atomic E-state index is 12.5. The van der Waals surface area contributed by atoms with Crippen LogP contribution in [0.25, 0.3) is 6.08 Å². The molecule has 150 valence electrons. The van der Waals surface area contributed by atoms with Crippen molar-refractivity contribution >= 4 is 17.7 Å². The van der Waals surface area contributed by atoms with Crippen LogP contribution < -0.4 is 24.3 Å². The first-order valence-electron chi connectivity index (χ1n) is 8.63. The second kappa shape index (κ2) is 10.4. The lowest BCUT2D eigenvalue weighted by atomic mass is 10.1. The minimum atomic E-state index is -0.550. The molecule has 2 aromatic carbocycles. The zero-order chi connectivity index (χ0) is 21.2. The van der Waals surface area contributed by atoms with Crippen molar-refractivity contribution in [3.8, 4) is 29.1 Å². The summed E-state index contributed by atoms with van der Waals surface area (Å²) in [4.78, 5) is 12.5. The van der Waals surface area contributed by atoms with Crippen molar-refractivity contribution in [2.75, 3.05) is 33.3 Å². The molecule has 29 heavy (non-hydrogen) atoms. The number of carbonyl (C=O) groups is 1. The van der Waals surface area contributed by atoms with Gasteiger partial charge in [-0.15, -0.1) is 0 Å². The Labute approximate surface area is 169 Å². The molecule has 0 fully saturated rings. The summed E-state index contributed by atoms with van der Waals surface area (Å²) in [5.74, 6) is 1.47. The van der Waals surface area contributed by atoms with Gasteiger partial charge in [-0.2, -0.15) is 5.26 Å². The van der Waals surface area contributed by atoms with Crippen LogP contribution in [0.5, 0.6) is 23.0 Å². The molecule has 0 heterocycles. The predicted octanol–water partition coefficient (Wildman–Crippen LogP) is 3.82. The summed E-state index contributed by atoms with van der Waals surface area (Å²) in [7, 11) is 4.53. The van der Waals surface area contributed by atoms with Gasteiger partial charge in [0, 0.05) is 11.8 Å². The Morgan fingerprint density at radius 3 is 2.31 bits per heavy atom. The van der Waals surface area contributed by atoms with Crippen LogP contribution in [0.4, 0.5) is 5.69 Å². The summed E-state index contributed by atoms with van der Waals surface area (Å²) in [5, 5.41) is 12.1. The van der Waals surface area contributed by atoms with Crippen LogP contribution in [0.2, 0.25) is 0 Å². The molecule has 0 aliphatic heterocycles. The molecular weight excluding hydrogens is 372 g/mol. The molecule has 0 aliphatic carbocycles. The molecule has 0 aliphatic rings. The molecule has 0 aromatic heterocycles. The lowest BCUT2D eigenvalue weighted by Crippen LogP contribution is -2.13. The fourth-order valence-electron chi connectivity index (χ4n) is 2.47. The van der Waals surface area contributed by atoms with Gasteiger partial charge in [-0.25, -0.2) is 0 Å². The summed E-state index contributed by atoms with van der Waals surface area (Å²) < 4.78 is 21.2. The van der Waals surface area contributed by atoms with Crippen LogP contribution in [0, 0.1) is 11.3 Å². The Bertz CT molecular complexity index is 960. The van der Waals surface area contributed by atoms with Crippen LogP contribution in [-0.4, -0.2) is 33.8 Å². The van der Waals surface area contributed by atoms with E-state index in [4.69, 9.17) is 18.9 Å². The largest absolute Gasteiger partial charge is 0.493 e. The monoisotopic (exact) mass is 394 g/mol. The maximum absolute atomic E-state index is 12.5. The van der Waals surface area contributed by atoms with Crippen molar-refractivity contribution in [2.45, 2.75) is 0 Å². The molecule has 1 amide bonds. The standard InChI is InChI=1S/C22H22N2O5/c1-5-10-29-19-8-6-15(12-20(19)27-3)11-16(14-23)22(25)24-17-7-9-18(26-2)21(13-17)28-4/h5-9,11-13H,1,10H2,2-4H3,(H,24,25)/b16-11+. The summed E-state index contributed by atoms with van der Waals surface area (Å²) >= 11 is 0. The lowest BCUT2D eigenvalue weighted by molar-refractivity contribution is -0.112.